The second-order valence-electron chi connectivity index (χ2n) is 4.05. The van der Waals surface area contributed by atoms with Crippen LogP contribution in [-0.2, 0) is 9.59 Å². The van der Waals surface area contributed by atoms with E-state index in [2.05, 4.69) is 0 Å². The van der Waals surface area contributed by atoms with Crippen molar-refractivity contribution in [3.8, 4) is 0 Å². The quantitative estimate of drug-likeness (QED) is 0.860. The van der Waals surface area contributed by atoms with Crippen LogP contribution < -0.4 is 0 Å². The first-order chi connectivity index (χ1) is 8.08. The van der Waals surface area contributed by atoms with E-state index in [9.17, 15) is 14.0 Å². The Labute approximate surface area is 97.7 Å². The largest absolute Gasteiger partial charge is 0.480 e. The number of amides is 1. The Morgan fingerprint density at radius 1 is 1.41 bits per heavy atom. The molecule has 1 atom stereocenters. The van der Waals surface area contributed by atoms with E-state index in [1.807, 2.05) is 0 Å². The van der Waals surface area contributed by atoms with Crippen LogP contribution in [0, 0.1) is 5.82 Å². The summed E-state index contributed by atoms with van der Waals surface area (Å²) in [4.78, 5) is 23.8. The third kappa shape index (κ3) is 2.43. The number of hydrogen-bond donors (Lipinski definition) is 1. The molecule has 0 radical (unpaired) electrons. The molecule has 1 amide bonds. The van der Waals surface area contributed by atoms with Crippen molar-refractivity contribution in [1.29, 1.82) is 0 Å². The molecule has 1 fully saturated rings. The van der Waals surface area contributed by atoms with Crippen LogP contribution in [0.4, 0.5) is 4.39 Å². The Kier molecular flexibility index (Phi) is 3.08. The molecule has 0 bridgehead atoms. The Balaban J connectivity index is 2.12. The molecule has 4 nitrogen and oxygen atoms in total. The van der Waals surface area contributed by atoms with Gasteiger partial charge in [0.1, 0.15) is 12.4 Å². The van der Waals surface area contributed by atoms with Crippen LogP contribution in [-0.4, -0.2) is 35.0 Å². The number of aliphatic carboxylic acids is 1. The summed E-state index contributed by atoms with van der Waals surface area (Å²) in [5.41, 5.74) is 0.740. The molecule has 0 saturated carbocycles. The van der Waals surface area contributed by atoms with Gasteiger partial charge in [0.15, 0.2) is 0 Å². The molecular formula is C12H12FNO3. The molecular weight excluding hydrogens is 225 g/mol. The molecule has 1 aromatic carbocycles. The van der Waals surface area contributed by atoms with E-state index < -0.39 is 5.97 Å². The van der Waals surface area contributed by atoms with Gasteiger partial charge in [-0.25, -0.2) is 4.39 Å². The normalized spacial score (nSPS) is 19.7. The second kappa shape index (κ2) is 4.53. The van der Waals surface area contributed by atoms with E-state index in [0.717, 1.165) is 5.56 Å². The highest BCUT2D eigenvalue weighted by molar-refractivity contribution is 5.88. The minimum Gasteiger partial charge on any atom is -0.480 e. The SMILES string of the molecule is O=C(O)CN1CCC(c2ccc(F)cc2)C1=O. The van der Waals surface area contributed by atoms with Gasteiger partial charge in [-0.05, 0) is 24.1 Å². The zero-order chi connectivity index (χ0) is 12.4. The average molecular weight is 237 g/mol. The van der Waals surface area contributed by atoms with E-state index in [1.54, 1.807) is 12.1 Å². The molecule has 90 valence electrons. The van der Waals surface area contributed by atoms with Crippen molar-refractivity contribution in [2.75, 3.05) is 13.1 Å². The molecule has 5 heteroatoms. The first-order valence-electron chi connectivity index (χ1n) is 5.34. The molecule has 1 N–H and O–H groups in total. The highest BCUT2D eigenvalue weighted by Gasteiger charge is 2.33. The van der Waals surface area contributed by atoms with E-state index in [1.165, 1.54) is 17.0 Å². The maximum atomic E-state index is 12.7. The summed E-state index contributed by atoms with van der Waals surface area (Å²) in [7, 11) is 0. The Bertz CT molecular complexity index is 444. The molecule has 1 heterocycles. The van der Waals surface area contributed by atoms with E-state index >= 15 is 0 Å². The summed E-state index contributed by atoms with van der Waals surface area (Å²) in [6, 6.07) is 5.76. The minimum atomic E-state index is -1.02. The number of rotatable bonds is 3. The fraction of sp³-hybridized carbons (Fsp3) is 0.333. The van der Waals surface area contributed by atoms with E-state index in [-0.39, 0.29) is 24.2 Å². The van der Waals surface area contributed by atoms with Crippen LogP contribution in [0.3, 0.4) is 0 Å². The van der Waals surface area contributed by atoms with Gasteiger partial charge in [0.05, 0.1) is 5.92 Å². The van der Waals surface area contributed by atoms with Crippen LogP contribution >= 0.6 is 0 Å². The van der Waals surface area contributed by atoms with Gasteiger partial charge in [-0.15, -0.1) is 0 Å². The van der Waals surface area contributed by atoms with Crippen LogP contribution in [0.15, 0.2) is 24.3 Å². The average Bonchev–Trinajstić information content (AvgIpc) is 2.61. The molecule has 1 aliphatic rings. The smallest absolute Gasteiger partial charge is 0.323 e. The number of hydrogen-bond acceptors (Lipinski definition) is 2. The number of nitrogens with zero attached hydrogens (tertiary/aromatic N) is 1. The van der Waals surface area contributed by atoms with Gasteiger partial charge in [-0.2, -0.15) is 0 Å². The maximum absolute atomic E-state index is 12.7. The first kappa shape index (κ1) is 11.6. The highest BCUT2D eigenvalue weighted by atomic mass is 19.1. The van der Waals surface area contributed by atoms with Gasteiger partial charge in [-0.3, -0.25) is 9.59 Å². The summed E-state index contributed by atoms with van der Waals surface area (Å²) in [5, 5.41) is 8.64. The van der Waals surface area contributed by atoms with Crippen LogP contribution in [0.5, 0.6) is 0 Å². The summed E-state index contributed by atoms with van der Waals surface area (Å²) in [6.45, 7) is 0.170. The zero-order valence-corrected chi connectivity index (χ0v) is 9.10. The number of carboxylic acids is 1. The lowest BCUT2D eigenvalue weighted by Gasteiger charge is -2.13. The van der Waals surface area contributed by atoms with Crippen molar-refractivity contribution in [3.05, 3.63) is 35.6 Å². The summed E-state index contributed by atoms with van der Waals surface area (Å²) >= 11 is 0. The number of carboxylic acid groups (broad SMARTS) is 1. The fourth-order valence-corrected chi connectivity index (χ4v) is 2.06. The predicted octanol–water partition coefficient (Wildman–Crippen LogP) is 1.23. The lowest BCUT2D eigenvalue weighted by Crippen LogP contribution is -2.32. The van der Waals surface area contributed by atoms with Crippen molar-refractivity contribution in [2.24, 2.45) is 0 Å². The third-order valence-corrected chi connectivity index (χ3v) is 2.90. The van der Waals surface area contributed by atoms with Gasteiger partial charge < -0.3 is 10.0 Å². The molecule has 2 rings (SSSR count). The third-order valence-electron chi connectivity index (χ3n) is 2.90. The van der Waals surface area contributed by atoms with Gasteiger partial charge in [-0.1, -0.05) is 12.1 Å². The Hall–Kier alpha value is -1.91. The molecule has 1 aliphatic heterocycles. The van der Waals surface area contributed by atoms with Crippen molar-refractivity contribution >= 4 is 11.9 Å². The maximum Gasteiger partial charge on any atom is 0.323 e. The molecule has 1 unspecified atom stereocenters. The molecule has 0 spiro atoms. The van der Waals surface area contributed by atoms with Crippen LogP contribution in [0.2, 0.25) is 0 Å². The van der Waals surface area contributed by atoms with E-state index in [4.69, 9.17) is 5.11 Å². The Morgan fingerprint density at radius 2 is 2.06 bits per heavy atom. The molecule has 0 aromatic heterocycles. The van der Waals surface area contributed by atoms with Crippen molar-refractivity contribution in [1.82, 2.24) is 4.90 Å². The minimum absolute atomic E-state index is 0.195. The van der Waals surface area contributed by atoms with Crippen molar-refractivity contribution in [3.63, 3.8) is 0 Å². The van der Waals surface area contributed by atoms with Gasteiger partial charge in [0.2, 0.25) is 5.91 Å². The van der Waals surface area contributed by atoms with E-state index in [0.29, 0.717) is 13.0 Å². The molecule has 1 saturated heterocycles. The van der Waals surface area contributed by atoms with Gasteiger partial charge in [0, 0.05) is 6.54 Å². The first-order valence-corrected chi connectivity index (χ1v) is 5.34. The fourth-order valence-electron chi connectivity index (χ4n) is 2.06. The second-order valence-corrected chi connectivity index (χ2v) is 4.05. The highest BCUT2D eigenvalue weighted by Crippen LogP contribution is 2.28. The Morgan fingerprint density at radius 3 is 2.65 bits per heavy atom. The summed E-state index contributed by atoms with van der Waals surface area (Å²) in [6.07, 6.45) is 0.581. The number of halogens is 1. The number of benzene rings is 1. The van der Waals surface area contributed by atoms with Crippen molar-refractivity contribution in [2.45, 2.75) is 12.3 Å². The molecule has 0 aliphatic carbocycles. The summed E-state index contributed by atoms with van der Waals surface area (Å²) < 4.78 is 12.7. The monoisotopic (exact) mass is 237 g/mol. The predicted molar refractivity (Wildman–Crippen MR) is 58.0 cm³/mol. The standard InChI is InChI=1S/C12H12FNO3/c13-9-3-1-8(2-4-9)10-5-6-14(12(10)17)7-11(15)16/h1-4,10H,5-7H2,(H,15,16). The molecule has 17 heavy (non-hydrogen) atoms. The lowest BCUT2D eigenvalue weighted by atomic mass is 9.98. The summed E-state index contributed by atoms with van der Waals surface area (Å²) in [5.74, 6) is -1.89. The topological polar surface area (TPSA) is 57.6 Å². The lowest BCUT2D eigenvalue weighted by molar-refractivity contribution is -0.143. The van der Waals surface area contributed by atoms with Crippen LogP contribution in [0.1, 0.15) is 17.9 Å². The zero-order valence-electron chi connectivity index (χ0n) is 9.10. The number of carbonyl (C=O) groups excluding carboxylic acids is 1. The molecule has 1 aromatic rings. The van der Waals surface area contributed by atoms with Crippen molar-refractivity contribution < 1.29 is 19.1 Å². The van der Waals surface area contributed by atoms with Gasteiger partial charge in [0.25, 0.3) is 0 Å². The van der Waals surface area contributed by atoms with Gasteiger partial charge >= 0.3 is 5.97 Å². The number of carbonyl (C=O) groups is 2. The van der Waals surface area contributed by atoms with Crippen LogP contribution in [0.25, 0.3) is 0 Å². The number of likely N-dealkylation sites (tertiary alicyclic amines) is 1.